The number of nitrogens with zero attached hydrogens (tertiary/aromatic N) is 3. The first-order valence-corrected chi connectivity index (χ1v) is 14.5. The molecular weight excluding hydrogens is 528 g/mol. The second-order valence-corrected chi connectivity index (χ2v) is 11.4. The van der Waals surface area contributed by atoms with Crippen LogP contribution in [0.3, 0.4) is 0 Å². The Kier molecular flexibility index (Phi) is 8.55. The van der Waals surface area contributed by atoms with Gasteiger partial charge < -0.3 is 10.1 Å². The maximum atomic E-state index is 13.9. The zero-order valence-electron chi connectivity index (χ0n) is 24.0. The third kappa shape index (κ3) is 6.20. The van der Waals surface area contributed by atoms with E-state index in [1.807, 2.05) is 98.8 Å². The standard InChI is InChI=1S/C34H34N4O2S/c1-22(2)28-13-9-10-14-30(28)38-32(26-17-19-27(40-5)20-18-26)36-37-34(38)41-31(25-11-7-6-8-12-25)33(39)35-29-21-23(3)15-16-24(29)4/h6-22,31H,1-5H3,(H,35,39). The molecule has 4 aromatic carbocycles. The number of anilines is 1. The van der Waals surface area contributed by atoms with Gasteiger partial charge in [0.05, 0.1) is 12.8 Å². The van der Waals surface area contributed by atoms with Gasteiger partial charge >= 0.3 is 0 Å². The average Bonchev–Trinajstić information content (AvgIpc) is 3.41. The van der Waals surface area contributed by atoms with E-state index < -0.39 is 5.25 Å². The summed E-state index contributed by atoms with van der Waals surface area (Å²) in [6, 6.07) is 32.0. The van der Waals surface area contributed by atoms with Gasteiger partial charge in [0.25, 0.3) is 0 Å². The maximum Gasteiger partial charge on any atom is 0.242 e. The van der Waals surface area contributed by atoms with Gasteiger partial charge in [-0.2, -0.15) is 0 Å². The summed E-state index contributed by atoms with van der Waals surface area (Å²) in [5.74, 6) is 1.62. The molecule has 0 bridgehead atoms. The van der Waals surface area contributed by atoms with Gasteiger partial charge in [-0.25, -0.2) is 0 Å². The molecule has 5 rings (SSSR count). The molecule has 0 aliphatic carbocycles. The van der Waals surface area contributed by atoms with Crippen LogP contribution in [-0.4, -0.2) is 27.8 Å². The molecule has 0 spiro atoms. The molecule has 0 radical (unpaired) electrons. The number of rotatable bonds is 9. The van der Waals surface area contributed by atoms with E-state index in [2.05, 4.69) is 46.1 Å². The number of aryl methyl sites for hydroxylation is 2. The fourth-order valence-corrected chi connectivity index (χ4v) is 5.79. The van der Waals surface area contributed by atoms with E-state index >= 15 is 0 Å². The number of hydrogen-bond acceptors (Lipinski definition) is 5. The van der Waals surface area contributed by atoms with E-state index in [-0.39, 0.29) is 11.8 Å². The number of methoxy groups -OCH3 is 1. The highest BCUT2D eigenvalue weighted by Gasteiger charge is 2.28. The Bertz CT molecular complexity index is 1650. The molecule has 41 heavy (non-hydrogen) atoms. The fourth-order valence-electron chi connectivity index (χ4n) is 4.74. The van der Waals surface area contributed by atoms with Crippen molar-refractivity contribution in [1.29, 1.82) is 0 Å². The lowest BCUT2D eigenvalue weighted by atomic mass is 10.0. The summed E-state index contributed by atoms with van der Waals surface area (Å²) < 4.78 is 7.45. The van der Waals surface area contributed by atoms with E-state index in [9.17, 15) is 4.79 Å². The van der Waals surface area contributed by atoms with Crippen LogP contribution >= 0.6 is 11.8 Å². The monoisotopic (exact) mass is 562 g/mol. The number of thioether (sulfide) groups is 1. The molecule has 5 aromatic rings. The van der Waals surface area contributed by atoms with Crippen LogP contribution in [0.2, 0.25) is 0 Å². The molecule has 0 saturated heterocycles. The zero-order chi connectivity index (χ0) is 28.9. The number of ether oxygens (including phenoxy) is 1. The number of benzene rings is 4. The zero-order valence-corrected chi connectivity index (χ0v) is 24.8. The minimum absolute atomic E-state index is 0.118. The average molecular weight is 563 g/mol. The highest BCUT2D eigenvalue weighted by atomic mass is 32.2. The Morgan fingerprint density at radius 2 is 1.59 bits per heavy atom. The van der Waals surface area contributed by atoms with Crippen molar-refractivity contribution in [3.63, 3.8) is 0 Å². The van der Waals surface area contributed by atoms with E-state index in [0.717, 1.165) is 39.4 Å². The van der Waals surface area contributed by atoms with E-state index in [0.29, 0.717) is 11.0 Å². The third-order valence-electron chi connectivity index (χ3n) is 7.00. The number of carbonyl (C=O) groups is 1. The largest absolute Gasteiger partial charge is 0.497 e. The molecule has 1 N–H and O–H groups in total. The summed E-state index contributed by atoms with van der Waals surface area (Å²) in [4.78, 5) is 13.9. The number of amides is 1. The van der Waals surface area contributed by atoms with E-state index in [1.54, 1.807) is 7.11 Å². The van der Waals surface area contributed by atoms with Crippen LogP contribution in [0.5, 0.6) is 5.75 Å². The van der Waals surface area contributed by atoms with Gasteiger partial charge in [0.1, 0.15) is 11.0 Å². The summed E-state index contributed by atoms with van der Waals surface area (Å²) in [7, 11) is 1.65. The summed E-state index contributed by atoms with van der Waals surface area (Å²) in [6.07, 6.45) is 0. The number of aromatic nitrogens is 3. The molecular formula is C34H34N4O2S. The fraction of sp³-hybridized carbons (Fsp3) is 0.206. The van der Waals surface area contributed by atoms with Crippen molar-refractivity contribution < 1.29 is 9.53 Å². The van der Waals surface area contributed by atoms with Crippen molar-refractivity contribution in [2.75, 3.05) is 12.4 Å². The predicted molar refractivity (Wildman–Crippen MR) is 167 cm³/mol. The van der Waals surface area contributed by atoms with Crippen LogP contribution in [0.15, 0.2) is 102 Å². The number of para-hydroxylation sites is 1. The molecule has 1 aromatic heterocycles. The van der Waals surface area contributed by atoms with Gasteiger partial charge in [-0.15, -0.1) is 10.2 Å². The van der Waals surface area contributed by atoms with Gasteiger partial charge in [0, 0.05) is 11.3 Å². The maximum absolute atomic E-state index is 13.9. The van der Waals surface area contributed by atoms with Crippen LogP contribution in [0, 0.1) is 13.8 Å². The minimum Gasteiger partial charge on any atom is -0.497 e. The van der Waals surface area contributed by atoms with Crippen molar-refractivity contribution in [2.45, 2.75) is 44.0 Å². The van der Waals surface area contributed by atoms with Gasteiger partial charge in [0.15, 0.2) is 11.0 Å². The summed E-state index contributed by atoms with van der Waals surface area (Å²) in [6.45, 7) is 8.37. The lowest BCUT2D eigenvalue weighted by Gasteiger charge is -2.20. The SMILES string of the molecule is COc1ccc(-c2nnc(SC(C(=O)Nc3cc(C)ccc3C)c3ccccc3)n2-c2ccccc2C(C)C)cc1. The second-order valence-electron chi connectivity index (χ2n) is 10.3. The summed E-state index contributed by atoms with van der Waals surface area (Å²) >= 11 is 1.40. The van der Waals surface area contributed by atoms with Crippen LogP contribution in [-0.2, 0) is 4.79 Å². The first-order chi connectivity index (χ1) is 19.9. The molecule has 7 heteroatoms. The smallest absolute Gasteiger partial charge is 0.242 e. The normalized spacial score (nSPS) is 11.9. The highest BCUT2D eigenvalue weighted by molar-refractivity contribution is 8.00. The van der Waals surface area contributed by atoms with Gasteiger partial charge in [-0.1, -0.05) is 86.3 Å². The Morgan fingerprint density at radius 3 is 2.29 bits per heavy atom. The van der Waals surface area contributed by atoms with Crippen LogP contribution in [0.1, 0.15) is 47.3 Å². The molecule has 0 fully saturated rings. The van der Waals surface area contributed by atoms with Gasteiger partial charge in [-0.05, 0) is 78.4 Å². The molecule has 1 heterocycles. The molecule has 6 nitrogen and oxygen atoms in total. The van der Waals surface area contributed by atoms with Gasteiger partial charge in [0.2, 0.25) is 5.91 Å². The molecule has 208 valence electrons. The first kappa shape index (κ1) is 28.2. The Hall–Kier alpha value is -4.36. The lowest BCUT2D eigenvalue weighted by Crippen LogP contribution is -2.20. The van der Waals surface area contributed by atoms with Crippen LogP contribution < -0.4 is 10.1 Å². The first-order valence-electron chi connectivity index (χ1n) is 13.6. The predicted octanol–water partition coefficient (Wildman–Crippen LogP) is 8.16. The molecule has 1 amide bonds. The number of carbonyl (C=O) groups excluding carboxylic acids is 1. The molecule has 1 unspecified atom stereocenters. The summed E-state index contributed by atoms with van der Waals surface area (Å²) in [5.41, 5.74) is 6.85. The van der Waals surface area contributed by atoms with Crippen molar-refractivity contribution in [2.24, 2.45) is 0 Å². The second kappa shape index (κ2) is 12.4. The highest BCUT2D eigenvalue weighted by Crippen LogP contribution is 2.40. The molecule has 0 aliphatic rings. The van der Waals surface area contributed by atoms with E-state index in [4.69, 9.17) is 4.74 Å². The van der Waals surface area contributed by atoms with Crippen LogP contribution in [0.4, 0.5) is 5.69 Å². The third-order valence-corrected chi connectivity index (χ3v) is 8.19. The Morgan fingerprint density at radius 1 is 0.878 bits per heavy atom. The van der Waals surface area contributed by atoms with Crippen molar-refractivity contribution in [3.05, 3.63) is 119 Å². The quantitative estimate of drug-likeness (QED) is 0.184. The van der Waals surface area contributed by atoms with Crippen molar-refractivity contribution in [1.82, 2.24) is 14.8 Å². The molecule has 0 aliphatic heterocycles. The van der Waals surface area contributed by atoms with E-state index in [1.165, 1.54) is 17.3 Å². The minimum atomic E-state index is -0.561. The van der Waals surface area contributed by atoms with Gasteiger partial charge in [-0.3, -0.25) is 9.36 Å². The Labute approximate surface area is 245 Å². The van der Waals surface area contributed by atoms with Crippen LogP contribution in [0.25, 0.3) is 17.1 Å². The molecule has 0 saturated carbocycles. The molecule has 1 atom stereocenters. The lowest BCUT2D eigenvalue weighted by molar-refractivity contribution is -0.115. The number of nitrogens with one attached hydrogen (secondary N) is 1. The van der Waals surface area contributed by atoms with Crippen molar-refractivity contribution in [3.8, 4) is 22.8 Å². The summed E-state index contributed by atoms with van der Waals surface area (Å²) in [5, 5.41) is 12.6. The topological polar surface area (TPSA) is 69.0 Å². The van der Waals surface area contributed by atoms with Crippen molar-refractivity contribution >= 4 is 23.4 Å². The number of hydrogen-bond donors (Lipinski definition) is 1. The Balaban J connectivity index is 1.62.